The summed E-state index contributed by atoms with van der Waals surface area (Å²) < 4.78 is 4.85. The van der Waals surface area contributed by atoms with Gasteiger partial charge < -0.3 is 31.1 Å². The topological polar surface area (TPSA) is 176 Å². The average molecular weight is 354 g/mol. The molecule has 0 spiro atoms. The Morgan fingerprint density at radius 3 is 2.20 bits per heavy atom. The molecule has 0 saturated heterocycles. The van der Waals surface area contributed by atoms with Crippen LogP contribution in [-0.4, -0.2) is 50.9 Å². The van der Waals surface area contributed by atoms with Gasteiger partial charge in [0, 0.05) is 6.42 Å². The van der Waals surface area contributed by atoms with Crippen molar-refractivity contribution in [2.75, 3.05) is 0 Å². The Hall–Kier alpha value is -3.14. The highest BCUT2D eigenvalue weighted by Crippen LogP contribution is 2.16. The Morgan fingerprint density at radius 2 is 1.72 bits per heavy atom. The molecular weight excluding hydrogens is 336 g/mol. The van der Waals surface area contributed by atoms with E-state index >= 15 is 0 Å². The highest BCUT2D eigenvalue weighted by atomic mass is 16.5. The second-order valence-electron chi connectivity index (χ2n) is 5.33. The zero-order valence-electron chi connectivity index (χ0n) is 13.0. The molecule has 1 rings (SSSR count). The van der Waals surface area contributed by atoms with Crippen LogP contribution in [0.5, 0.6) is 0 Å². The van der Waals surface area contributed by atoms with Crippen LogP contribution in [0.15, 0.2) is 30.3 Å². The third-order valence-electron chi connectivity index (χ3n) is 3.26. The largest absolute Gasteiger partial charge is 0.481 e. The second kappa shape index (κ2) is 8.64. The predicted octanol–water partition coefficient (Wildman–Crippen LogP) is 0.0129. The zero-order valence-corrected chi connectivity index (χ0v) is 13.0. The molecule has 1 aromatic rings. The fraction of sp³-hybridized carbons (Fsp3) is 0.333. The summed E-state index contributed by atoms with van der Waals surface area (Å²) in [5.41, 5.74) is 3.79. The van der Waals surface area contributed by atoms with E-state index in [0.717, 1.165) is 0 Å². The van der Waals surface area contributed by atoms with E-state index in [2.05, 4.69) is 0 Å². The molecule has 2 atom stereocenters. The maximum absolute atomic E-state index is 11.7. The number of alkyl carbamates (subject to hydrolysis) is 1. The molecule has 0 saturated carbocycles. The molecule has 0 aliphatic carbocycles. The number of carboxylic acids is 3. The lowest BCUT2D eigenvalue weighted by Gasteiger charge is -2.26. The van der Waals surface area contributed by atoms with Crippen LogP contribution in [0.3, 0.4) is 0 Å². The molecule has 0 aliphatic rings. The smallest absolute Gasteiger partial charge is 0.408 e. The van der Waals surface area contributed by atoms with Gasteiger partial charge in [-0.2, -0.15) is 0 Å². The Labute approximate surface area is 142 Å². The summed E-state index contributed by atoms with van der Waals surface area (Å²) in [6.07, 6.45) is -2.93. The highest BCUT2D eigenvalue weighted by molar-refractivity contribution is 5.87. The molecule has 0 aromatic heterocycles. The number of carbonyl (C=O) groups is 4. The van der Waals surface area contributed by atoms with Crippen LogP contribution >= 0.6 is 0 Å². The first kappa shape index (κ1) is 19.9. The first-order valence-electron chi connectivity index (χ1n) is 7.08. The number of hydrogen-bond donors (Lipinski definition) is 5. The van der Waals surface area contributed by atoms with Gasteiger partial charge in [-0.05, 0) is 5.56 Å². The molecule has 0 heterocycles. The Balaban J connectivity index is 2.72. The molecule has 0 radical (unpaired) electrons. The monoisotopic (exact) mass is 354 g/mol. The Morgan fingerprint density at radius 1 is 1.12 bits per heavy atom. The van der Waals surface area contributed by atoms with E-state index in [9.17, 15) is 19.2 Å². The molecule has 0 bridgehead atoms. The summed E-state index contributed by atoms with van der Waals surface area (Å²) in [4.78, 5) is 44.9. The fourth-order valence-corrected chi connectivity index (χ4v) is 1.98. The third kappa shape index (κ3) is 6.47. The van der Waals surface area contributed by atoms with Crippen LogP contribution in [-0.2, 0) is 25.7 Å². The van der Waals surface area contributed by atoms with Crippen molar-refractivity contribution in [1.82, 2.24) is 5.32 Å². The fourth-order valence-electron chi connectivity index (χ4n) is 1.98. The first-order chi connectivity index (χ1) is 11.6. The number of aliphatic carboxylic acids is 3. The summed E-state index contributed by atoms with van der Waals surface area (Å²) >= 11 is 0. The SMILES string of the molecule is NC(CC(=O)O)(CC(NC(=O)OCc1ccccc1)C(=O)O)C(=O)O. The first-order valence-corrected chi connectivity index (χ1v) is 7.08. The van der Waals surface area contributed by atoms with E-state index in [1.54, 1.807) is 30.3 Å². The molecule has 136 valence electrons. The van der Waals surface area contributed by atoms with E-state index in [0.29, 0.717) is 5.56 Å². The summed E-state index contributed by atoms with van der Waals surface area (Å²) in [7, 11) is 0. The van der Waals surface area contributed by atoms with E-state index in [1.807, 2.05) is 5.32 Å². The number of benzene rings is 1. The average Bonchev–Trinajstić information content (AvgIpc) is 2.52. The minimum Gasteiger partial charge on any atom is -0.481 e. The van der Waals surface area contributed by atoms with Crippen LogP contribution in [0.4, 0.5) is 4.79 Å². The van der Waals surface area contributed by atoms with Gasteiger partial charge in [0.15, 0.2) is 0 Å². The minimum absolute atomic E-state index is 0.124. The molecule has 25 heavy (non-hydrogen) atoms. The van der Waals surface area contributed by atoms with Gasteiger partial charge in [0.2, 0.25) is 0 Å². The van der Waals surface area contributed by atoms with Crippen molar-refractivity contribution in [2.45, 2.75) is 31.0 Å². The van der Waals surface area contributed by atoms with Gasteiger partial charge in [-0.3, -0.25) is 9.59 Å². The standard InChI is InChI=1S/C15H18N2O8/c16-15(13(22)23,7-11(18)19)6-10(12(20)21)17-14(24)25-8-9-4-2-1-3-5-9/h1-5,10H,6-8,16H2,(H,17,24)(H,18,19)(H,20,21)(H,22,23). The van der Waals surface area contributed by atoms with E-state index in [1.165, 1.54) is 0 Å². The van der Waals surface area contributed by atoms with Crippen LogP contribution in [0.2, 0.25) is 0 Å². The summed E-state index contributed by atoms with van der Waals surface area (Å²) in [5.74, 6) is -4.78. The van der Waals surface area contributed by atoms with Crippen molar-refractivity contribution in [3.8, 4) is 0 Å². The summed E-state index contributed by atoms with van der Waals surface area (Å²) in [5, 5.41) is 28.9. The van der Waals surface area contributed by atoms with Crippen molar-refractivity contribution in [2.24, 2.45) is 5.73 Å². The van der Waals surface area contributed by atoms with E-state index < -0.39 is 48.4 Å². The van der Waals surface area contributed by atoms with Crippen LogP contribution in [0.25, 0.3) is 0 Å². The van der Waals surface area contributed by atoms with Crippen LogP contribution in [0.1, 0.15) is 18.4 Å². The molecular formula is C15H18N2O8. The van der Waals surface area contributed by atoms with Crippen LogP contribution in [0, 0.1) is 0 Å². The van der Waals surface area contributed by atoms with Gasteiger partial charge >= 0.3 is 24.0 Å². The lowest BCUT2D eigenvalue weighted by atomic mass is 9.88. The predicted molar refractivity (Wildman–Crippen MR) is 82.6 cm³/mol. The highest BCUT2D eigenvalue weighted by Gasteiger charge is 2.41. The van der Waals surface area contributed by atoms with Crippen molar-refractivity contribution in [1.29, 1.82) is 0 Å². The maximum Gasteiger partial charge on any atom is 0.408 e. The van der Waals surface area contributed by atoms with Gasteiger partial charge in [-0.1, -0.05) is 30.3 Å². The van der Waals surface area contributed by atoms with Gasteiger partial charge in [0.05, 0.1) is 6.42 Å². The van der Waals surface area contributed by atoms with Crippen molar-refractivity contribution in [3.63, 3.8) is 0 Å². The van der Waals surface area contributed by atoms with Crippen molar-refractivity contribution in [3.05, 3.63) is 35.9 Å². The molecule has 6 N–H and O–H groups in total. The Bertz CT molecular complexity index is 648. The van der Waals surface area contributed by atoms with Crippen molar-refractivity contribution < 1.29 is 39.2 Å². The number of ether oxygens (including phenoxy) is 1. The number of rotatable bonds is 9. The van der Waals surface area contributed by atoms with Gasteiger partial charge in [-0.15, -0.1) is 0 Å². The number of amides is 1. The minimum atomic E-state index is -2.36. The van der Waals surface area contributed by atoms with E-state index in [4.69, 9.17) is 25.8 Å². The summed E-state index contributed by atoms with van der Waals surface area (Å²) in [6, 6.07) is 6.84. The lowest BCUT2D eigenvalue weighted by Crippen LogP contribution is -2.56. The second-order valence-corrected chi connectivity index (χ2v) is 5.33. The number of carboxylic acid groups (broad SMARTS) is 3. The van der Waals surface area contributed by atoms with Gasteiger partial charge in [0.1, 0.15) is 18.2 Å². The maximum atomic E-state index is 11.7. The quantitative estimate of drug-likeness (QED) is 0.409. The summed E-state index contributed by atoms with van der Waals surface area (Å²) in [6.45, 7) is -0.124. The molecule has 1 amide bonds. The number of hydrogen-bond acceptors (Lipinski definition) is 6. The molecule has 10 nitrogen and oxygen atoms in total. The lowest BCUT2D eigenvalue weighted by molar-refractivity contribution is -0.151. The number of nitrogens with one attached hydrogen (secondary N) is 1. The normalized spacial score (nSPS) is 14.0. The molecule has 10 heteroatoms. The molecule has 2 unspecified atom stereocenters. The molecule has 0 fully saturated rings. The van der Waals surface area contributed by atoms with Gasteiger partial charge in [0.25, 0.3) is 0 Å². The molecule has 0 aliphatic heterocycles. The number of carbonyl (C=O) groups excluding carboxylic acids is 1. The Kier molecular flexibility index (Phi) is 6.88. The number of nitrogens with two attached hydrogens (primary N) is 1. The van der Waals surface area contributed by atoms with Gasteiger partial charge in [-0.25, -0.2) is 9.59 Å². The zero-order chi connectivity index (χ0) is 19.0. The van der Waals surface area contributed by atoms with E-state index in [-0.39, 0.29) is 6.61 Å². The van der Waals surface area contributed by atoms with Crippen molar-refractivity contribution >= 4 is 24.0 Å². The molecule has 1 aromatic carbocycles. The van der Waals surface area contributed by atoms with Crippen LogP contribution < -0.4 is 11.1 Å². The third-order valence-corrected chi connectivity index (χ3v) is 3.26.